The van der Waals surface area contributed by atoms with Crippen molar-refractivity contribution in [2.45, 2.75) is 25.4 Å². The summed E-state index contributed by atoms with van der Waals surface area (Å²) in [5.41, 5.74) is 0. The Morgan fingerprint density at radius 2 is 1.21 bits per heavy atom. The SMILES string of the molecule is CC(OC(F)(F)CF)OC(F)(F)CF. The first kappa shape index (κ1) is 13.5. The maximum Gasteiger partial charge on any atom is 0.386 e. The van der Waals surface area contributed by atoms with Crippen LogP contribution in [0.15, 0.2) is 0 Å². The Kier molecular flexibility index (Phi) is 4.66. The van der Waals surface area contributed by atoms with Gasteiger partial charge in [0, 0.05) is 0 Å². The van der Waals surface area contributed by atoms with Gasteiger partial charge in [0.05, 0.1) is 0 Å². The van der Waals surface area contributed by atoms with Gasteiger partial charge in [-0.2, -0.15) is 17.6 Å². The van der Waals surface area contributed by atoms with E-state index in [1.54, 1.807) is 0 Å². The van der Waals surface area contributed by atoms with E-state index < -0.39 is 31.9 Å². The van der Waals surface area contributed by atoms with Gasteiger partial charge < -0.3 is 0 Å². The summed E-state index contributed by atoms with van der Waals surface area (Å²) in [4.78, 5) is 0. The minimum Gasteiger partial charge on any atom is -0.289 e. The number of hydrogen-bond donors (Lipinski definition) is 0. The molecule has 0 spiro atoms. The minimum atomic E-state index is -4.22. The second kappa shape index (κ2) is 4.83. The number of halogens is 6. The molecule has 0 aliphatic rings. The Morgan fingerprint density at radius 1 is 0.929 bits per heavy atom. The van der Waals surface area contributed by atoms with E-state index in [2.05, 4.69) is 9.47 Å². The first-order valence-corrected chi connectivity index (χ1v) is 3.45. The highest BCUT2D eigenvalue weighted by Crippen LogP contribution is 2.23. The van der Waals surface area contributed by atoms with E-state index in [9.17, 15) is 26.3 Å². The quantitative estimate of drug-likeness (QED) is 0.511. The Bertz CT molecular complexity index is 156. The summed E-state index contributed by atoms with van der Waals surface area (Å²) in [5, 5.41) is 0. The fourth-order valence-electron chi connectivity index (χ4n) is 0.573. The van der Waals surface area contributed by atoms with Crippen molar-refractivity contribution in [2.75, 3.05) is 13.3 Å². The largest absolute Gasteiger partial charge is 0.386 e. The van der Waals surface area contributed by atoms with E-state index in [1.165, 1.54) is 0 Å². The Labute approximate surface area is 75.8 Å². The smallest absolute Gasteiger partial charge is 0.289 e. The molecular weight excluding hydrogens is 218 g/mol. The van der Waals surface area contributed by atoms with Gasteiger partial charge in [-0.25, -0.2) is 8.78 Å². The van der Waals surface area contributed by atoms with Crippen LogP contribution in [0.3, 0.4) is 0 Å². The maximum atomic E-state index is 12.1. The average Bonchev–Trinajstić information content (AvgIpc) is 2.02. The molecule has 14 heavy (non-hydrogen) atoms. The molecular formula is C6H8F6O2. The molecule has 0 aromatic heterocycles. The van der Waals surface area contributed by atoms with Gasteiger partial charge in [-0.3, -0.25) is 9.47 Å². The van der Waals surface area contributed by atoms with Gasteiger partial charge in [0.25, 0.3) is 0 Å². The van der Waals surface area contributed by atoms with E-state index in [0.29, 0.717) is 6.92 Å². The van der Waals surface area contributed by atoms with Crippen molar-refractivity contribution in [1.29, 1.82) is 0 Å². The number of hydrogen-bond acceptors (Lipinski definition) is 2. The summed E-state index contributed by atoms with van der Waals surface area (Å²) in [6.07, 6.45) is -10.6. The molecule has 0 heterocycles. The standard InChI is InChI=1S/C6H8F6O2/c1-4(13-5(9,10)2-7)14-6(11,12)3-8/h4H,2-3H2,1H3. The first-order valence-electron chi connectivity index (χ1n) is 3.45. The van der Waals surface area contributed by atoms with Gasteiger partial charge in [-0.1, -0.05) is 0 Å². The molecule has 0 aliphatic carbocycles. The fourth-order valence-corrected chi connectivity index (χ4v) is 0.573. The number of alkyl halides is 6. The van der Waals surface area contributed by atoms with E-state index in [0.717, 1.165) is 0 Å². The molecule has 0 rings (SSSR count). The van der Waals surface area contributed by atoms with Gasteiger partial charge >= 0.3 is 12.2 Å². The van der Waals surface area contributed by atoms with E-state index in [1.807, 2.05) is 0 Å². The zero-order valence-corrected chi connectivity index (χ0v) is 7.08. The zero-order chi connectivity index (χ0) is 11.4. The molecule has 0 radical (unpaired) electrons. The topological polar surface area (TPSA) is 18.5 Å². The normalized spacial score (nSPS) is 13.7. The lowest BCUT2D eigenvalue weighted by molar-refractivity contribution is -0.375. The zero-order valence-electron chi connectivity index (χ0n) is 7.08. The Hall–Kier alpha value is -0.500. The highest BCUT2D eigenvalue weighted by atomic mass is 19.3. The van der Waals surface area contributed by atoms with Crippen molar-refractivity contribution in [3.05, 3.63) is 0 Å². The van der Waals surface area contributed by atoms with Crippen LogP contribution in [0.25, 0.3) is 0 Å². The van der Waals surface area contributed by atoms with E-state index >= 15 is 0 Å². The predicted octanol–water partition coefficient (Wildman–Crippen LogP) is 2.49. The van der Waals surface area contributed by atoms with Crippen molar-refractivity contribution in [2.24, 2.45) is 0 Å². The lowest BCUT2D eigenvalue weighted by atomic mass is 10.6. The van der Waals surface area contributed by atoms with Gasteiger partial charge in [0.2, 0.25) is 0 Å². The van der Waals surface area contributed by atoms with Crippen molar-refractivity contribution in [3.63, 3.8) is 0 Å². The van der Waals surface area contributed by atoms with Crippen molar-refractivity contribution in [3.8, 4) is 0 Å². The molecule has 0 amide bonds. The Balaban J connectivity index is 4.04. The maximum absolute atomic E-state index is 12.1. The van der Waals surface area contributed by atoms with Crippen molar-refractivity contribution < 1.29 is 35.8 Å². The van der Waals surface area contributed by atoms with Crippen LogP contribution in [0.5, 0.6) is 0 Å². The molecule has 0 atom stereocenters. The molecule has 8 heteroatoms. The minimum absolute atomic E-state index is 0.674. The highest BCUT2D eigenvalue weighted by Gasteiger charge is 2.38. The summed E-state index contributed by atoms with van der Waals surface area (Å²) >= 11 is 0. The van der Waals surface area contributed by atoms with Crippen LogP contribution in [-0.4, -0.2) is 31.9 Å². The summed E-state index contributed by atoms with van der Waals surface area (Å²) in [7, 11) is 0. The molecule has 0 bridgehead atoms. The number of rotatable bonds is 6. The fraction of sp³-hybridized carbons (Fsp3) is 1.00. The molecule has 0 unspecified atom stereocenters. The van der Waals surface area contributed by atoms with E-state index in [-0.39, 0.29) is 0 Å². The average molecular weight is 226 g/mol. The molecule has 0 saturated heterocycles. The monoisotopic (exact) mass is 226 g/mol. The summed E-state index contributed by atoms with van der Waals surface area (Å²) in [6.45, 7) is -3.68. The lowest BCUT2D eigenvalue weighted by Gasteiger charge is -2.22. The van der Waals surface area contributed by atoms with Gasteiger partial charge in [0.15, 0.2) is 19.6 Å². The van der Waals surface area contributed by atoms with Crippen LogP contribution < -0.4 is 0 Å². The van der Waals surface area contributed by atoms with Crippen LogP contribution in [0.4, 0.5) is 26.3 Å². The highest BCUT2D eigenvalue weighted by molar-refractivity contribution is 4.53. The van der Waals surface area contributed by atoms with Crippen molar-refractivity contribution >= 4 is 0 Å². The first-order chi connectivity index (χ1) is 6.22. The summed E-state index contributed by atoms with van der Waals surface area (Å²) in [6, 6.07) is 0. The molecule has 0 saturated carbocycles. The van der Waals surface area contributed by atoms with Crippen LogP contribution in [0.2, 0.25) is 0 Å². The van der Waals surface area contributed by atoms with E-state index in [4.69, 9.17) is 0 Å². The molecule has 86 valence electrons. The molecule has 0 aliphatic heterocycles. The van der Waals surface area contributed by atoms with Crippen LogP contribution in [0.1, 0.15) is 6.92 Å². The van der Waals surface area contributed by atoms with Gasteiger partial charge in [-0.05, 0) is 6.92 Å². The third kappa shape index (κ3) is 5.28. The third-order valence-electron chi connectivity index (χ3n) is 0.988. The second-order valence-corrected chi connectivity index (χ2v) is 2.35. The summed E-state index contributed by atoms with van der Waals surface area (Å²) < 4.78 is 78.1. The predicted molar refractivity (Wildman–Crippen MR) is 33.5 cm³/mol. The van der Waals surface area contributed by atoms with Crippen LogP contribution >= 0.6 is 0 Å². The molecule has 0 N–H and O–H groups in total. The third-order valence-corrected chi connectivity index (χ3v) is 0.988. The second-order valence-electron chi connectivity index (χ2n) is 2.35. The number of ether oxygens (including phenoxy) is 2. The summed E-state index contributed by atoms with van der Waals surface area (Å²) in [5.74, 6) is 0. The van der Waals surface area contributed by atoms with Crippen LogP contribution in [0, 0.1) is 0 Å². The molecule has 0 fully saturated rings. The van der Waals surface area contributed by atoms with Crippen LogP contribution in [-0.2, 0) is 9.47 Å². The van der Waals surface area contributed by atoms with Gasteiger partial charge in [-0.15, -0.1) is 0 Å². The Morgan fingerprint density at radius 3 is 1.43 bits per heavy atom. The lowest BCUT2D eigenvalue weighted by Crippen LogP contribution is -2.35. The molecule has 2 nitrogen and oxygen atoms in total. The van der Waals surface area contributed by atoms with Gasteiger partial charge in [0.1, 0.15) is 0 Å². The molecule has 0 aromatic carbocycles. The van der Waals surface area contributed by atoms with Crippen molar-refractivity contribution in [1.82, 2.24) is 0 Å². The molecule has 0 aromatic rings.